The summed E-state index contributed by atoms with van der Waals surface area (Å²) >= 11 is 0. The van der Waals surface area contributed by atoms with E-state index in [0.717, 1.165) is 31.7 Å². The van der Waals surface area contributed by atoms with Crippen LogP contribution in [-0.4, -0.2) is 41.6 Å². The minimum absolute atomic E-state index is 0.0978. The Morgan fingerprint density at radius 1 is 1.35 bits per heavy atom. The quantitative estimate of drug-likeness (QED) is 0.871. The number of nitrogens with zero attached hydrogens (tertiary/aromatic N) is 3. The van der Waals surface area contributed by atoms with Crippen molar-refractivity contribution < 1.29 is 9.53 Å². The Morgan fingerprint density at radius 2 is 2.04 bits per heavy atom. The van der Waals surface area contributed by atoms with Crippen LogP contribution in [0.5, 0.6) is 5.88 Å². The lowest BCUT2D eigenvalue weighted by Crippen LogP contribution is -2.44. The number of amides is 1. The first-order chi connectivity index (χ1) is 11.0. The van der Waals surface area contributed by atoms with E-state index in [9.17, 15) is 4.79 Å². The monoisotopic (exact) mass is 320 g/mol. The number of carbonyl (C=O) groups excluding carboxylic acids is 1. The second-order valence-corrected chi connectivity index (χ2v) is 6.45. The molecule has 23 heavy (non-hydrogen) atoms. The van der Waals surface area contributed by atoms with E-state index < -0.39 is 0 Å². The summed E-state index contributed by atoms with van der Waals surface area (Å²) < 4.78 is 5.42. The van der Waals surface area contributed by atoms with Gasteiger partial charge in [0.05, 0.1) is 6.61 Å². The fourth-order valence-electron chi connectivity index (χ4n) is 2.61. The zero-order chi connectivity index (χ0) is 16.8. The van der Waals surface area contributed by atoms with Crippen molar-refractivity contribution in [2.75, 3.05) is 24.6 Å². The number of ether oxygens (including phenoxy) is 1. The lowest BCUT2D eigenvalue weighted by molar-refractivity contribution is -0.126. The van der Waals surface area contributed by atoms with E-state index in [4.69, 9.17) is 4.74 Å². The van der Waals surface area contributed by atoms with Gasteiger partial charge in [-0.15, -0.1) is 0 Å². The van der Waals surface area contributed by atoms with E-state index in [1.165, 1.54) is 6.33 Å². The Kier molecular flexibility index (Phi) is 6.19. The van der Waals surface area contributed by atoms with Gasteiger partial charge in [0.25, 0.3) is 0 Å². The van der Waals surface area contributed by atoms with Crippen molar-refractivity contribution in [3.8, 4) is 5.88 Å². The Morgan fingerprint density at radius 3 is 2.65 bits per heavy atom. The summed E-state index contributed by atoms with van der Waals surface area (Å²) in [6.07, 6.45) is 3.23. The third-order valence-electron chi connectivity index (χ3n) is 4.48. The van der Waals surface area contributed by atoms with E-state index in [2.05, 4.69) is 41.0 Å². The molecule has 1 N–H and O–H groups in total. The minimum atomic E-state index is 0.0978. The molecular formula is C17H28N4O2. The van der Waals surface area contributed by atoms with Crippen molar-refractivity contribution in [3.63, 3.8) is 0 Å². The van der Waals surface area contributed by atoms with Crippen LogP contribution in [0.15, 0.2) is 12.4 Å². The molecule has 0 saturated carbocycles. The van der Waals surface area contributed by atoms with Crippen LogP contribution in [0.3, 0.4) is 0 Å². The Labute approximate surface area is 138 Å². The Bertz CT molecular complexity index is 513. The van der Waals surface area contributed by atoms with Crippen LogP contribution < -0.4 is 15.0 Å². The molecule has 1 fully saturated rings. The summed E-state index contributed by atoms with van der Waals surface area (Å²) in [5.74, 6) is 2.21. The molecule has 1 aromatic heterocycles. The summed E-state index contributed by atoms with van der Waals surface area (Å²) in [4.78, 5) is 22.9. The molecule has 1 aliphatic rings. The predicted octanol–water partition coefficient (Wildman–Crippen LogP) is 2.25. The van der Waals surface area contributed by atoms with Gasteiger partial charge in [0.1, 0.15) is 12.1 Å². The first-order valence-electron chi connectivity index (χ1n) is 8.51. The zero-order valence-electron chi connectivity index (χ0n) is 14.6. The van der Waals surface area contributed by atoms with E-state index >= 15 is 0 Å². The van der Waals surface area contributed by atoms with Gasteiger partial charge in [-0.25, -0.2) is 9.97 Å². The van der Waals surface area contributed by atoms with E-state index in [-0.39, 0.29) is 17.9 Å². The molecule has 6 nitrogen and oxygen atoms in total. The van der Waals surface area contributed by atoms with Gasteiger partial charge in [-0.1, -0.05) is 13.8 Å². The molecule has 6 heteroatoms. The molecule has 1 atom stereocenters. The van der Waals surface area contributed by atoms with Crippen molar-refractivity contribution in [2.24, 2.45) is 11.8 Å². The van der Waals surface area contributed by atoms with Gasteiger partial charge in [0.15, 0.2) is 0 Å². The number of nitrogens with one attached hydrogen (secondary N) is 1. The van der Waals surface area contributed by atoms with Crippen LogP contribution in [0.4, 0.5) is 5.82 Å². The number of aromatic nitrogens is 2. The lowest BCUT2D eigenvalue weighted by atomic mass is 9.95. The Balaban J connectivity index is 1.88. The van der Waals surface area contributed by atoms with Crippen LogP contribution in [0.25, 0.3) is 0 Å². The third kappa shape index (κ3) is 4.81. The van der Waals surface area contributed by atoms with Crippen molar-refractivity contribution in [1.29, 1.82) is 0 Å². The normalized spacial score (nSPS) is 17.2. The first-order valence-corrected chi connectivity index (χ1v) is 8.51. The predicted molar refractivity (Wildman–Crippen MR) is 90.6 cm³/mol. The number of hydrogen-bond acceptors (Lipinski definition) is 5. The van der Waals surface area contributed by atoms with Gasteiger partial charge in [-0.2, -0.15) is 0 Å². The number of hydrogen-bond donors (Lipinski definition) is 1. The number of rotatable bonds is 6. The van der Waals surface area contributed by atoms with Gasteiger partial charge in [-0.05, 0) is 32.6 Å². The SMILES string of the molecule is CCOc1cc(N2CCC(C(=O)N[C@H](C)C(C)C)CC2)ncn1. The average Bonchev–Trinajstić information content (AvgIpc) is 2.55. The van der Waals surface area contributed by atoms with Gasteiger partial charge < -0.3 is 15.0 Å². The highest BCUT2D eigenvalue weighted by Crippen LogP contribution is 2.23. The highest BCUT2D eigenvalue weighted by molar-refractivity contribution is 5.79. The lowest BCUT2D eigenvalue weighted by Gasteiger charge is -2.33. The molecule has 128 valence electrons. The zero-order valence-corrected chi connectivity index (χ0v) is 14.6. The van der Waals surface area contributed by atoms with E-state index in [1.54, 1.807) is 0 Å². The van der Waals surface area contributed by atoms with Crippen molar-refractivity contribution in [1.82, 2.24) is 15.3 Å². The topological polar surface area (TPSA) is 67.3 Å². The third-order valence-corrected chi connectivity index (χ3v) is 4.48. The molecule has 0 spiro atoms. The molecule has 0 unspecified atom stereocenters. The van der Waals surface area contributed by atoms with Crippen LogP contribution in [0, 0.1) is 11.8 Å². The fraction of sp³-hybridized carbons (Fsp3) is 0.706. The summed E-state index contributed by atoms with van der Waals surface area (Å²) in [5.41, 5.74) is 0. The Hall–Kier alpha value is -1.85. The van der Waals surface area contributed by atoms with E-state index in [0.29, 0.717) is 18.4 Å². The maximum Gasteiger partial charge on any atom is 0.223 e. The van der Waals surface area contributed by atoms with Gasteiger partial charge in [0, 0.05) is 31.1 Å². The van der Waals surface area contributed by atoms with Gasteiger partial charge >= 0.3 is 0 Å². The second kappa shape index (κ2) is 8.13. The molecule has 0 aliphatic carbocycles. The first kappa shape index (κ1) is 17.5. The van der Waals surface area contributed by atoms with E-state index in [1.807, 2.05) is 13.0 Å². The second-order valence-electron chi connectivity index (χ2n) is 6.45. The van der Waals surface area contributed by atoms with Gasteiger partial charge in [-0.3, -0.25) is 4.79 Å². The molecule has 1 amide bonds. The highest BCUT2D eigenvalue weighted by Gasteiger charge is 2.27. The number of anilines is 1. The molecule has 1 saturated heterocycles. The van der Waals surface area contributed by atoms with Crippen molar-refractivity contribution >= 4 is 11.7 Å². The fourth-order valence-corrected chi connectivity index (χ4v) is 2.61. The molecule has 0 aromatic carbocycles. The minimum Gasteiger partial charge on any atom is -0.478 e. The average molecular weight is 320 g/mol. The maximum atomic E-state index is 12.3. The number of carbonyl (C=O) groups is 1. The molecule has 0 bridgehead atoms. The smallest absolute Gasteiger partial charge is 0.223 e. The van der Waals surface area contributed by atoms with Crippen LogP contribution in [-0.2, 0) is 4.79 Å². The molecule has 0 radical (unpaired) electrons. The largest absolute Gasteiger partial charge is 0.478 e. The van der Waals surface area contributed by atoms with Crippen LogP contribution in [0.1, 0.15) is 40.5 Å². The van der Waals surface area contributed by atoms with Crippen LogP contribution >= 0.6 is 0 Å². The van der Waals surface area contributed by atoms with Crippen molar-refractivity contribution in [2.45, 2.75) is 46.6 Å². The molecule has 1 aromatic rings. The highest BCUT2D eigenvalue weighted by atomic mass is 16.5. The molecule has 2 rings (SSSR count). The molecule has 1 aliphatic heterocycles. The summed E-state index contributed by atoms with van der Waals surface area (Å²) in [6, 6.07) is 2.08. The summed E-state index contributed by atoms with van der Waals surface area (Å²) in [7, 11) is 0. The molecular weight excluding hydrogens is 292 g/mol. The van der Waals surface area contributed by atoms with Gasteiger partial charge in [0.2, 0.25) is 11.8 Å². The van der Waals surface area contributed by atoms with Crippen LogP contribution in [0.2, 0.25) is 0 Å². The standard InChI is InChI=1S/C17H28N4O2/c1-5-23-16-10-15(18-11-19-16)21-8-6-14(7-9-21)17(22)20-13(4)12(2)3/h10-14H,5-9H2,1-4H3,(H,20,22)/t13-/m1/s1. The molecule has 2 heterocycles. The maximum absolute atomic E-state index is 12.3. The summed E-state index contributed by atoms with van der Waals surface area (Å²) in [6.45, 7) is 10.5. The van der Waals surface area contributed by atoms with Crippen molar-refractivity contribution in [3.05, 3.63) is 12.4 Å². The number of piperidine rings is 1. The summed E-state index contributed by atoms with van der Waals surface area (Å²) in [5, 5.41) is 3.13.